The Morgan fingerprint density at radius 3 is 2.33 bits per heavy atom. The first kappa shape index (κ1) is 12.5. The summed E-state index contributed by atoms with van der Waals surface area (Å²) in [5, 5.41) is 0.491. The van der Waals surface area contributed by atoms with Crippen LogP contribution in [-0.2, 0) is 6.18 Å². The van der Waals surface area contributed by atoms with Crippen LogP contribution in [0.1, 0.15) is 11.1 Å². The Hall–Kier alpha value is -1.91. The van der Waals surface area contributed by atoms with E-state index in [0.29, 0.717) is 5.39 Å². The molecule has 0 spiro atoms. The molecule has 18 heavy (non-hydrogen) atoms. The van der Waals surface area contributed by atoms with Gasteiger partial charge in [-0.1, -0.05) is 12.1 Å². The van der Waals surface area contributed by atoms with Crippen molar-refractivity contribution in [1.29, 1.82) is 0 Å². The van der Waals surface area contributed by atoms with Crippen LogP contribution < -0.4 is 10.5 Å². The van der Waals surface area contributed by atoms with Crippen molar-refractivity contribution < 1.29 is 17.9 Å². The SMILES string of the molecule is COc1ccc2c(C)ccc(N)c2c1C(F)(F)F. The standard InChI is InChI=1S/C13H12F3NO/c1-7-3-5-9(17)11-8(7)4-6-10(18-2)12(11)13(14,15)16/h3-6H,17H2,1-2H3. The van der Waals surface area contributed by atoms with E-state index in [-0.39, 0.29) is 16.8 Å². The molecule has 0 radical (unpaired) electrons. The Morgan fingerprint density at radius 1 is 1.11 bits per heavy atom. The summed E-state index contributed by atoms with van der Waals surface area (Å²) >= 11 is 0. The van der Waals surface area contributed by atoms with E-state index in [0.717, 1.165) is 5.56 Å². The highest BCUT2D eigenvalue weighted by atomic mass is 19.4. The fourth-order valence-corrected chi connectivity index (χ4v) is 2.05. The third-order valence-corrected chi connectivity index (χ3v) is 2.90. The van der Waals surface area contributed by atoms with Crippen molar-refractivity contribution in [3.63, 3.8) is 0 Å². The number of rotatable bonds is 1. The van der Waals surface area contributed by atoms with Crippen LogP contribution in [0.25, 0.3) is 10.8 Å². The van der Waals surface area contributed by atoms with Gasteiger partial charge < -0.3 is 10.5 Å². The minimum Gasteiger partial charge on any atom is -0.496 e. The Kier molecular flexibility index (Phi) is 2.84. The molecule has 0 aliphatic heterocycles. The summed E-state index contributed by atoms with van der Waals surface area (Å²) in [6, 6.07) is 6.09. The number of alkyl halides is 3. The lowest BCUT2D eigenvalue weighted by molar-refractivity contribution is -0.137. The summed E-state index contributed by atoms with van der Waals surface area (Å²) in [5.41, 5.74) is 5.72. The van der Waals surface area contributed by atoms with Gasteiger partial charge in [0, 0.05) is 11.1 Å². The van der Waals surface area contributed by atoms with Crippen molar-refractivity contribution >= 4 is 16.5 Å². The molecule has 96 valence electrons. The van der Waals surface area contributed by atoms with Crippen LogP contribution in [0.2, 0.25) is 0 Å². The number of fused-ring (bicyclic) bond motifs is 1. The molecule has 0 aliphatic rings. The predicted molar refractivity (Wildman–Crippen MR) is 64.7 cm³/mol. The lowest BCUT2D eigenvalue weighted by Crippen LogP contribution is -2.09. The number of nitrogen functional groups attached to an aromatic ring is 1. The number of anilines is 1. The first-order valence-electron chi connectivity index (χ1n) is 5.29. The molecule has 0 saturated carbocycles. The molecule has 0 aromatic heterocycles. The zero-order valence-electron chi connectivity index (χ0n) is 9.93. The molecule has 0 aliphatic carbocycles. The van der Waals surface area contributed by atoms with Crippen LogP contribution in [0.3, 0.4) is 0 Å². The molecule has 2 aromatic carbocycles. The molecule has 2 N–H and O–H groups in total. The van der Waals surface area contributed by atoms with E-state index in [9.17, 15) is 13.2 Å². The zero-order valence-corrected chi connectivity index (χ0v) is 9.93. The Morgan fingerprint density at radius 2 is 1.78 bits per heavy atom. The number of ether oxygens (including phenoxy) is 1. The van der Waals surface area contributed by atoms with E-state index in [1.807, 2.05) is 0 Å². The molecule has 2 rings (SSSR count). The molecule has 0 fully saturated rings. The van der Waals surface area contributed by atoms with Crippen LogP contribution >= 0.6 is 0 Å². The average Bonchev–Trinajstić information content (AvgIpc) is 2.31. The monoisotopic (exact) mass is 255 g/mol. The van der Waals surface area contributed by atoms with E-state index >= 15 is 0 Å². The summed E-state index contributed by atoms with van der Waals surface area (Å²) in [4.78, 5) is 0. The van der Waals surface area contributed by atoms with Crippen molar-refractivity contribution in [1.82, 2.24) is 0 Å². The Bertz CT molecular complexity index is 605. The topological polar surface area (TPSA) is 35.2 Å². The maximum Gasteiger partial charge on any atom is 0.420 e. The van der Waals surface area contributed by atoms with Gasteiger partial charge in [-0.2, -0.15) is 13.2 Å². The first-order valence-corrected chi connectivity index (χ1v) is 5.29. The maximum absolute atomic E-state index is 13.1. The van der Waals surface area contributed by atoms with Crippen molar-refractivity contribution in [3.8, 4) is 5.75 Å². The maximum atomic E-state index is 13.1. The van der Waals surface area contributed by atoms with Gasteiger partial charge in [-0.05, 0) is 30.0 Å². The van der Waals surface area contributed by atoms with Gasteiger partial charge in [-0.3, -0.25) is 0 Å². The number of hydrogen-bond acceptors (Lipinski definition) is 2. The number of hydrogen-bond donors (Lipinski definition) is 1. The summed E-state index contributed by atoms with van der Waals surface area (Å²) in [7, 11) is 1.21. The van der Waals surface area contributed by atoms with Gasteiger partial charge >= 0.3 is 6.18 Å². The highest BCUT2D eigenvalue weighted by molar-refractivity contribution is 5.99. The number of methoxy groups -OCH3 is 1. The van der Waals surface area contributed by atoms with Crippen LogP contribution in [0.15, 0.2) is 24.3 Å². The molecule has 0 unspecified atom stereocenters. The number of aryl methyl sites for hydroxylation is 1. The first-order chi connectivity index (χ1) is 8.36. The zero-order chi connectivity index (χ0) is 13.5. The molecular formula is C13H12F3NO. The lowest BCUT2D eigenvalue weighted by Gasteiger charge is -2.17. The number of benzene rings is 2. The highest BCUT2D eigenvalue weighted by Gasteiger charge is 2.37. The lowest BCUT2D eigenvalue weighted by atomic mass is 9.98. The Balaban J connectivity index is 2.98. The van der Waals surface area contributed by atoms with Crippen LogP contribution in [0, 0.1) is 6.92 Å². The fraction of sp³-hybridized carbons (Fsp3) is 0.231. The van der Waals surface area contributed by atoms with Crippen molar-refractivity contribution in [3.05, 3.63) is 35.4 Å². The van der Waals surface area contributed by atoms with E-state index in [4.69, 9.17) is 10.5 Å². The summed E-state index contributed by atoms with van der Waals surface area (Å²) < 4.78 is 44.2. The van der Waals surface area contributed by atoms with E-state index in [2.05, 4.69) is 0 Å². The van der Waals surface area contributed by atoms with E-state index in [1.165, 1.54) is 19.2 Å². The summed E-state index contributed by atoms with van der Waals surface area (Å²) in [5.74, 6) is -0.215. The Labute approximate surface area is 102 Å². The highest BCUT2D eigenvalue weighted by Crippen LogP contribution is 2.43. The molecule has 0 atom stereocenters. The van der Waals surface area contributed by atoms with Gasteiger partial charge in [0.15, 0.2) is 0 Å². The summed E-state index contributed by atoms with van der Waals surface area (Å²) in [6.45, 7) is 1.74. The van der Waals surface area contributed by atoms with Crippen molar-refractivity contribution in [2.75, 3.05) is 12.8 Å². The minimum absolute atomic E-state index is 0.00171. The van der Waals surface area contributed by atoms with Gasteiger partial charge in [-0.25, -0.2) is 0 Å². The van der Waals surface area contributed by atoms with Crippen LogP contribution in [0.5, 0.6) is 5.75 Å². The molecule has 0 heterocycles. The van der Waals surface area contributed by atoms with Crippen molar-refractivity contribution in [2.24, 2.45) is 0 Å². The quantitative estimate of drug-likeness (QED) is 0.787. The third-order valence-electron chi connectivity index (χ3n) is 2.90. The molecule has 5 heteroatoms. The molecule has 2 nitrogen and oxygen atoms in total. The second-order valence-electron chi connectivity index (χ2n) is 4.03. The van der Waals surface area contributed by atoms with Gasteiger partial charge in [0.1, 0.15) is 11.3 Å². The molecule has 0 amide bonds. The molecule has 2 aromatic rings. The smallest absolute Gasteiger partial charge is 0.420 e. The normalized spacial score (nSPS) is 11.8. The molecular weight excluding hydrogens is 243 g/mol. The third kappa shape index (κ3) is 1.85. The largest absolute Gasteiger partial charge is 0.496 e. The van der Waals surface area contributed by atoms with Gasteiger partial charge in [-0.15, -0.1) is 0 Å². The van der Waals surface area contributed by atoms with Gasteiger partial charge in [0.05, 0.1) is 7.11 Å². The second-order valence-corrected chi connectivity index (χ2v) is 4.03. The molecule has 0 bridgehead atoms. The second kappa shape index (κ2) is 4.08. The van der Waals surface area contributed by atoms with Crippen molar-refractivity contribution in [2.45, 2.75) is 13.1 Å². The van der Waals surface area contributed by atoms with Crippen LogP contribution in [-0.4, -0.2) is 7.11 Å². The van der Waals surface area contributed by atoms with Gasteiger partial charge in [0.2, 0.25) is 0 Å². The average molecular weight is 255 g/mol. The predicted octanol–water partition coefficient (Wildman–Crippen LogP) is 3.76. The molecule has 0 saturated heterocycles. The van der Waals surface area contributed by atoms with Gasteiger partial charge in [0.25, 0.3) is 0 Å². The number of halogens is 3. The van der Waals surface area contributed by atoms with Crippen LogP contribution in [0.4, 0.5) is 18.9 Å². The number of nitrogens with two attached hydrogens (primary N) is 1. The fourth-order valence-electron chi connectivity index (χ4n) is 2.05. The van der Waals surface area contributed by atoms with E-state index in [1.54, 1.807) is 19.1 Å². The minimum atomic E-state index is -4.51. The summed E-state index contributed by atoms with van der Waals surface area (Å²) in [6.07, 6.45) is -4.51. The van der Waals surface area contributed by atoms with E-state index < -0.39 is 11.7 Å².